The number of methoxy groups -OCH3 is 1. The van der Waals surface area contributed by atoms with Gasteiger partial charge in [-0.3, -0.25) is 0 Å². The molecule has 0 bridgehead atoms. The monoisotopic (exact) mass is 307 g/mol. The highest BCUT2D eigenvalue weighted by atomic mass is 79.9. The molecule has 0 fully saturated rings. The van der Waals surface area contributed by atoms with Crippen molar-refractivity contribution >= 4 is 43.5 Å². The molecule has 0 atom stereocenters. The fourth-order valence-corrected chi connectivity index (χ4v) is 1.55. The Morgan fingerprint density at radius 2 is 2.08 bits per heavy atom. The molecule has 13 heavy (non-hydrogen) atoms. The van der Waals surface area contributed by atoms with E-state index in [0.29, 0.717) is 15.7 Å². The second kappa shape index (κ2) is 4.11. The van der Waals surface area contributed by atoms with Crippen molar-refractivity contribution in [3.63, 3.8) is 0 Å². The van der Waals surface area contributed by atoms with Gasteiger partial charge in [0, 0.05) is 4.47 Å². The summed E-state index contributed by atoms with van der Waals surface area (Å²) in [5.74, 6) is -0.439. The number of esters is 1. The summed E-state index contributed by atoms with van der Waals surface area (Å²) in [6, 6.07) is 3.34. The molecule has 0 radical (unpaired) electrons. The van der Waals surface area contributed by atoms with Crippen molar-refractivity contribution in [1.29, 1.82) is 0 Å². The first-order valence-electron chi connectivity index (χ1n) is 3.39. The molecule has 0 unspecified atom stereocenters. The molecule has 0 heterocycles. The van der Waals surface area contributed by atoms with Crippen LogP contribution in [0.4, 0.5) is 5.69 Å². The molecule has 0 aliphatic carbocycles. The van der Waals surface area contributed by atoms with Gasteiger partial charge in [0.2, 0.25) is 0 Å². The van der Waals surface area contributed by atoms with Crippen LogP contribution in [0.5, 0.6) is 0 Å². The molecule has 2 N–H and O–H groups in total. The maximum Gasteiger partial charge on any atom is 0.339 e. The summed E-state index contributed by atoms with van der Waals surface area (Å²) < 4.78 is 6.02. The highest BCUT2D eigenvalue weighted by Gasteiger charge is 2.13. The third-order valence-electron chi connectivity index (χ3n) is 1.54. The topological polar surface area (TPSA) is 52.3 Å². The molecular weight excluding hydrogens is 302 g/mol. The van der Waals surface area contributed by atoms with Crippen LogP contribution in [0, 0.1) is 0 Å². The quantitative estimate of drug-likeness (QED) is 0.641. The van der Waals surface area contributed by atoms with Gasteiger partial charge in [-0.2, -0.15) is 0 Å². The zero-order valence-corrected chi connectivity index (χ0v) is 9.98. The third kappa shape index (κ3) is 2.03. The summed E-state index contributed by atoms with van der Waals surface area (Å²) in [4.78, 5) is 11.2. The van der Waals surface area contributed by atoms with E-state index in [1.165, 1.54) is 7.11 Å². The van der Waals surface area contributed by atoms with Gasteiger partial charge in [-0.1, -0.05) is 0 Å². The van der Waals surface area contributed by atoms with E-state index in [2.05, 4.69) is 36.6 Å². The van der Waals surface area contributed by atoms with E-state index in [1.807, 2.05) is 0 Å². The number of nitrogen functional groups attached to an aromatic ring is 1. The Morgan fingerprint density at radius 1 is 1.46 bits per heavy atom. The molecule has 0 aromatic heterocycles. The molecule has 0 aliphatic rings. The number of hydrogen-bond acceptors (Lipinski definition) is 3. The number of hydrogen-bond donors (Lipinski definition) is 1. The van der Waals surface area contributed by atoms with E-state index < -0.39 is 5.97 Å². The largest absolute Gasteiger partial charge is 0.465 e. The Balaban J connectivity index is 3.26. The van der Waals surface area contributed by atoms with Crippen LogP contribution in [0.1, 0.15) is 10.4 Å². The van der Waals surface area contributed by atoms with Crippen LogP contribution in [0.15, 0.2) is 21.1 Å². The van der Waals surface area contributed by atoms with Crippen molar-refractivity contribution in [1.82, 2.24) is 0 Å². The number of ether oxygens (including phenoxy) is 1. The lowest BCUT2D eigenvalue weighted by molar-refractivity contribution is 0.0602. The van der Waals surface area contributed by atoms with Crippen LogP contribution in [0.25, 0.3) is 0 Å². The van der Waals surface area contributed by atoms with Crippen LogP contribution in [-0.4, -0.2) is 13.1 Å². The second-order valence-corrected chi connectivity index (χ2v) is 3.96. The van der Waals surface area contributed by atoms with E-state index >= 15 is 0 Å². The fraction of sp³-hybridized carbons (Fsp3) is 0.125. The second-order valence-electron chi connectivity index (χ2n) is 2.31. The number of rotatable bonds is 1. The average Bonchev–Trinajstić information content (AvgIpc) is 2.13. The average molecular weight is 309 g/mol. The summed E-state index contributed by atoms with van der Waals surface area (Å²) in [7, 11) is 1.32. The Kier molecular flexibility index (Phi) is 3.33. The van der Waals surface area contributed by atoms with Gasteiger partial charge in [-0.05, 0) is 44.0 Å². The van der Waals surface area contributed by atoms with Gasteiger partial charge in [-0.25, -0.2) is 4.79 Å². The molecule has 0 spiro atoms. The normalized spacial score (nSPS) is 9.77. The summed E-state index contributed by atoms with van der Waals surface area (Å²) in [6.45, 7) is 0. The number of nitrogens with two attached hydrogens (primary N) is 1. The van der Waals surface area contributed by atoms with E-state index in [0.717, 1.165) is 4.47 Å². The lowest BCUT2D eigenvalue weighted by Crippen LogP contribution is -2.06. The smallest absolute Gasteiger partial charge is 0.339 e. The molecule has 1 aromatic carbocycles. The van der Waals surface area contributed by atoms with Gasteiger partial charge in [0.25, 0.3) is 0 Å². The molecule has 0 aliphatic heterocycles. The molecule has 5 heteroatoms. The maximum atomic E-state index is 11.2. The lowest BCUT2D eigenvalue weighted by atomic mass is 10.2. The van der Waals surface area contributed by atoms with Crippen molar-refractivity contribution < 1.29 is 9.53 Å². The van der Waals surface area contributed by atoms with Crippen LogP contribution in [-0.2, 0) is 4.74 Å². The fourth-order valence-electron chi connectivity index (χ4n) is 0.854. The van der Waals surface area contributed by atoms with Crippen molar-refractivity contribution in [3.8, 4) is 0 Å². The first-order chi connectivity index (χ1) is 6.07. The van der Waals surface area contributed by atoms with E-state index in [-0.39, 0.29) is 0 Å². The van der Waals surface area contributed by atoms with Crippen LogP contribution >= 0.6 is 31.9 Å². The van der Waals surface area contributed by atoms with Crippen molar-refractivity contribution in [2.75, 3.05) is 12.8 Å². The van der Waals surface area contributed by atoms with Gasteiger partial charge < -0.3 is 10.5 Å². The van der Waals surface area contributed by atoms with Gasteiger partial charge in [0.1, 0.15) is 0 Å². The van der Waals surface area contributed by atoms with Crippen LogP contribution < -0.4 is 5.73 Å². The molecule has 0 saturated heterocycles. The highest BCUT2D eigenvalue weighted by Crippen LogP contribution is 2.31. The lowest BCUT2D eigenvalue weighted by Gasteiger charge is -2.06. The number of benzene rings is 1. The SMILES string of the molecule is COC(=O)c1ccc(Br)c(Br)c1N. The van der Waals surface area contributed by atoms with Crippen molar-refractivity contribution in [2.45, 2.75) is 0 Å². The predicted octanol–water partition coefficient (Wildman–Crippen LogP) is 2.58. The summed E-state index contributed by atoms with van der Waals surface area (Å²) in [5, 5.41) is 0. The predicted molar refractivity (Wildman–Crippen MR) is 57.6 cm³/mol. The molecule has 0 saturated carbocycles. The Hall–Kier alpha value is -0.550. The van der Waals surface area contributed by atoms with Crippen molar-refractivity contribution in [3.05, 3.63) is 26.6 Å². The molecule has 0 amide bonds. The van der Waals surface area contributed by atoms with Crippen molar-refractivity contribution in [2.24, 2.45) is 0 Å². The standard InChI is InChI=1S/C8H7Br2NO2/c1-13-8(12)4-2-3-5(9)6(10)7(4)11/h2-3H,11H2,1H3. The molecule has 1 rings (SSSR count). The molecule has 70 valence electrons. The molecule has 3 nitrogen and oxygen atoms in total. The van der Waals surface area contributed by atoms with Gasteiger partial charge in [0.05, 0.1) is 22.8 Å². The Morgan fingerprint density at radius 3 is 2.62 bits per heavy atom. The zero-order valence-electron chi connectivity index (χ0n) is 6.80. The summed E-state index contributed by atoms with van der Waals surface area (Å²) in [5.41, 5.74) is 6.42. The number of anilines is 1. The van der Waals surface area contributed by atoms with Gasteiger partial charge in [-0.15, -0.1) is 0 Å². The Bertz CT molecular complexity index is 352. The van der Waals surface area contributed by atoms with Crippen LogP contribution in [0.2, 0.25) is 0 Å². The minimum absolute atomic E-state index is 0.359. The highest BCUT2D eigenvalue weighted by molar-refractivity contribution is 9.13. The maximum absolute atomic E-state index is 11.2. The van der Waals surface area contributed by atoms with E-state index in [4.69, 9.17) is 5.73 Å². The molecular formula is C8H7Br2NO2. The van der Waals surface area contributed by atoms with Gasteiger partial charge in [0.15, 0.2) is 0 Å². The molecule has 1 aromatic rings. The first-order valence-corrected chi connectivity index (χ1v) is 4.98. The van der Waals surface area contributed by atoms with E-state index in [1.54, 1.807) is 12.1 Å². The third-order valence-corrected chi connectivity index (χ3v) is 3.59. The summed E-state index contributed by atoms with van der Waals surface area (Å²) in [6.07, 6.45) is 0. The van der Waals surface area contributed by atoms with E-state index in [9.17, 15) is 4.79 Å². The van der Waals surface area contributed by atoms with Gasteiger partial charge >= 0.3 is 5.97 Å². The number of carbonyl (C=O) groups excluding carboxylic acids is 1. The minimum atomic E-state index is -0.439. The Labute approximate surface area is 92.5 Å². The minimum Gasteiger partial charge on any atom is -0.465 e. The summed E-state index contributed by atoms with van der Waals surface area (Å²) >= 11 is 6.52. The number of carbonyl (C=O) groups is 1. The first kappa shape index (κ1) is 10.5. The zero-order chi connectivity index (χ0) is 10.0. The van der Waals surface area contributed by atoms with Crippen LogP contribution in [0.3, 0.4) is 0 Å². The number of halogens is 2.